The van der Waals surface area contributed by atoms with Crippen LogP contribution in [-0.2, 0) is 11.4 Å². The first-order valence-corrected chi connectivity index (χ1v) is 11.2. The number of nitrogens with one attached hydrogen (secondary N) is 1. The van der Waals surface area contributed by atoms with Gasteiger partial charge in [-0.15, -0.1) is 0 Å². The lowest BCUT2D eigenvalue weighted by Crippen LogP contribution is -2.30. The number of hydrogen-bond acceptors (Lipinski definition) is 4. The molecule has 1 saturated heterocycles. The molecular formula is C25H20BrClN2O4. The number of rotatable bonds is 6. The van der Waals surface area contributed by atoms with Gasteiger partial charge in [0.25, 0.3) is 5.91 Å². The molecule has 168 valence electrons. The minimum absolute atomic E-state index is 0.141. The summed E-state index contributed by atoms with van der Waals surface area (Å²) in [5, 5.41) is 3.04. The van der Waals surface area contributed by atoms with Crippen molar-refractivity contribution in [3.05, 3.63) is 92.5 Å². The number of methoxy groups -OCH3 is 1. The molecule has 0 bridgehead atoms. The van der Waals surface area contributed by atoms with Crippen LogP contribution in [0.3, 0.4) is 0 Å². The van der Waals surface area contributed by atoms with Gasteiger partial charge >= 0.3 is 6.03 Å². The molecule has 3 amide bonds. The zero-order valence-electron chi connectivity index (χ0n) is 17.9. The summed E-state index contributed by atoms with van der Waals surface area (Å²) in [5.41, 5.74) is 3.39. The summed E-state index contributed by atoms with van der Waals surface area (Å²) in [5.74, 6) is 0.562. The standard InChI is InChI=1S/C25H20BrClN2O4/c1-15-6-8-16(9-7-15)14-33-23-20(26)10-17(12-22(23)32-2)11-21-24(30)29(25(31)28-21)19-5-3-4-18(27)13-19/h3-13H,14H2,1-2H3,(H,28,31)/b21-11+. The fourth-order valence-corrected chi connectivity index (χ4v) is 4.11. The smallest absolute Gasteiger partial charge is 0.333 e. The van der Waals surface area contributed by atoms with Crippen LogP contribution in [0.25, 0.3) is 6.08 Å². The van der Waals surface area contributed by atoms with Gasteiger partial charge in [-0.05, 0) is 70.4 Å². The van der Waals surface area contributed by atoms with Crippen molar-refractivity contribution >= 4 is 51.2 Å². The predicted octanol–water partition coefficient (Wildman–Crippen LogP) is 6.10. The lowest BCUT2D eigenvalue weighted by atomic mass is 10.1. The van der Waals surface area contributed by atoms with Crippen LogP contribution in [0.5, 0.6) is 11.5 Å². The number of benzene rings is 3. The maximum absolute atomic E-state index is 12.9. The highest BCUT2D eigenvalue weighted by Crippen LogP contribution is 2.38. The van der Waals surface area contributed by atoms with E-state index in [1.165, 1.54) is 5.56 Å². The lowest BCUT2D eigenvalue weighted by molar-refractivity contribution is -0.113. The number of amides is 3. The Morgan fingerprint density at radius 2 is 1.85 bits per heavy atom. The molecule has 0 spiro atoms. The summed E-state index contributed by atoms with van der Waals surface area (Å²) in [6.07, 6.45) is 1.59. The summed E-state index contributed by atoms with van der Waals surface area (Å²) in [7, 11) is 1.54. The van der Waals surface area contributed by atoms with E-state index in [1.807, 2.05) is 31.2 Å². The molecule has 4 rings (SSSR count). The van der Waals surface area contributed by atoms with Crippen molar-refractivity contribution < 1.29 is 19.1 Å². The van der Waals surface area contributed by atoms with Crippen LogP contribution < -0.4 is 19.7 Å². The second kappa shape index (κ2) is 9.68. The molecule has 0 saturated carbocycles. The van der Waals surface area contributed by atoms with Crippen molar-refractivity contribution in [3.63, 3.8) is 0 Å². The first kappa shape index (κ1) is 22.9. The minimum Gasteiger partial charge on any atom is -0.493 e. The van der Waals surface area contributed by atoms with Crippen molar-refractivity contribution in [1.29, 1.82) is 0 Å². The van der Waals surface area contributed by atoms with E-state index in [4.69, 9.17) is 21.1 Å². The summed E-state index contributed by atoms with van der Waals surface area (Å²) >= 11 is 9.53. The molecule has 1 N–H and O–H groups in total. The highest BCUT2D eigenvalue weighted by atomic mass is 79.9. The molecule has 33 heavy (non-hydrogen) atoms. The number of urea groups is 1. The van der Waals surface area contributed by atoms with Crippen LogP contribution >= 0.6 is 27.5 Å². The molecule has 1 aliphatic rings. The van der Waals surface area contributed by atoms with Crippen LogP contribution in [0.2, 0.25) is 5.02 Å². The Labute approximate surface area is 204 Å². The SMILES string of the molecule is COc1cc(/C=C2/NC(=O)N(c3cccc(Cl)c3)C2=O)cc(Br)c1OCc1ccc(C)cc1. The van der Waals surface area contributed by atoms with E-state index in [2.05, 4.69) is 21.2 Å². The van der Waals surface area contributed by atoms with E-state index >= 15 is 0 Å². The van der Waals surface area contributed by atoms with Crippen LogP contribution in [0.15, 0.2) is 70.8 Å². The Hall–Kier alpha value is -3.29. The van der Waals surface area contributed by atoms with Gasteiger partial charge in [0.2, 0.25) is 0 Å². The Bertz CT molecular complexity index is 1260. The van der Waals surface area contributed by atoms with Gasteiger partial charge < -0.3 is 14.8 Å². The van der Waals surface area contributed by atoms with Crippen molar-refractivity contribution in [1.82, 2.24) is 5.32 Å². The quantitative estimate of drug-likeness (QED) is 0.311. The zero-order chi connectivity index (χ0) is 23.5. The van der Waals surface area contributed by atoms with Crippen molar-refractivity contribution in [2.75, 3.05) is 12.0 Å². The number of anilines is 1. The Morgan fingerprint density at radius 1 is 1.09 bits per heavy atom. The third-order valence-electron chi connectivity index (χ3n) is 5.01. The van der Waals surface area contributed by atoms with E-state index in [0.717, 1.165) is 10.5 Å². The predicted molar refractivity (Wildman–Crippen MR) is 132 cm³/mol. The van der Waals surface area contributed by atoms with Gasteiger partial charge in [-0.2, -0.15) is 0 Å². The average molecular weight is 528 g/mol. The molecule has 1 aliphatic heterocycles. The van der Waals surface area contributed by atoms with Gasteiger partial charge in [0.05, 0.1) is 17.3 Å². The molecule has 0 aliphatic carbocycles. The Morgan fingerprint density at radius 3 is 2.55 bits per heavy atom. The number of halogens is 2. The molecule has 1 fully saturated rings. The van der Waals surface area contributed by atoms with Gasteiger partial charge in [0, 0.05) is 5.02 Å². The third kappa shape index (κ3) is 5.05. The zero-order valence-corrected chi connectivity index (χ0v) is 20.2. The highest BCUT2D eigenvalue weighted by molar-refractivity contribution is 9.10. The van der Waals surface area contributed by atoms with Crippen LogP contribution in [0.4, 0.5) is 10.5 Å². The van der Waals surface area contributed by atoms with E-state index < -0.39 is 11.9 Å². The Kier molecular flexibility index (Phi) is 6.72. The van der Waals surface area contributed by atoms with E-state index in [9.17, 15) is 9.59 Å². The van der Waals surface area contributed by atoms with E-state index in [0.29, 0.717) is 38.9 Å². The topological polar surface area (TPSA) is 67.9 Å². The summed E-state index contributed by atoms with van der Waals surface area (Å²) < 4.78 is 12.1. The number of nitrogens with zero attached hydrogens (tertiary/aromatic N) is 1. The number of imide groups is 1. The summed E-state index contributed by atoms with van der Waals surface area (Å²) in [6, 6.07) is 17.6. The molecular weight excluding hydrogens is 508 g/mol. The van der Waals surface area contributed by atoms with Gasteiger partial charge in [-0.1, -0.05) is 47.5 Å². The number of aryl methyl sites for hydroxylation is 1. The van der Waals surface area contributed by atoms with Crippen LogP contribution in [-0.4, -0.2) is 19.0 Å². The molecule has 6 nitrogen and oxygen atoms in total. The second-order valence-corrected chi connectivity index (χ2v) is 8.71. The molecule has 1 heterocycles. The largest absolute Gasteiger partial charge is 0.493 e. The first-order chi connectivity index (χ1) is 15.9. The average Bonchev–Trinajstić information content (AvgIpc) is 3.06. The first-order valence-electron chi connectivity index (χ1n) is 10.0. The normalized spacial score (nSPS) is 14.5. The highest BCUT2D eigenvalue weighted by Gasteiger charge is 2.35. The molecule has 3 aromatic carbocycles. The van der Waals surface area contributed by atoms with E-state index in [1.54, 1.807) is 49.6 Å². The number of carbonyl (C=O) groups is 2. The monoisotopic (exact) mass is 526 g/mol. The van der Waals surface area contributed by atoms with Gasteiger partial charge in [0.15, 0.2) is 11.5 Å². The Balaban J connectivity index is 1.58. The van der Waals surface area contributed by atoms with Crippen molar-refractivity contribution in [2.45, 2.75) is 13.5 Å². The second-order valence-electron chi connectivity index (χ2n) is 7.42. The fourth-order valence-electron chi connectivity index (χ4n) is 3.35. The minimum atomic E-state index is -0.544. The molecule has 0 radical (unpaired) electrons. The summed E-state index contributed by atoms with van der Waals surface area (Å²) in [6.45, 7) is 2.40. The third-order valence-corrected chi connectivity index (χ3v) is 5.84. The van der Waals surface area contributed by atoms with Gasteiger partial charge in [-0.3, -0.25) is 4.79 Å². The molecule has 0 aromatic heterocycles. The van der Waals surface area contributed by atoms with Crippen LogP contribution in [0.1, 0.15) is 16.7 Å². The number of carbonyl (C=O) groups excluding carboxylic acids is 2. The number of ether oxygens (including phenoxy) is 2. The van der Waals surface area contributed by atoms with Crippen molar-refractivity contribution in [2.24, 2.45) is 0 Å². The lowest BCUT2D eigenvalue weighted by Gasteiger charge is -2.14. The molecule has 3 aromatic rings. The maximum Gasteiger partial charge on any atom is 0.333 e. The molecule has 0 unspecified atom stereocenters. The molecule has 0 atom stereocenters. The van der Waals surface area contributed by atoms with Gasteiger partial charge in [-0.25, -0.2) is 9.69 Å². The molecule has 8 heteroatoms. The summed E-state index contributed by atoms with van der Waals surface area (Å²) in [4.78, 5) is 26.4. The fraction of sp³-hybridized carbons (Fsp3) is 0.120. The van der Waals surface area contributed by atoms with Gasteiger partial charge in [0.1, 0.15) is 12.3 Å². The number of hydrogen-bond donors (Lipinski definition) is 1. The van der Waals surface area contributed by atoms with Crippen LogP contribution in [0, 0.1) is 6.92 Å². The maximum atomic E-state index is 12.9. The van der Waals surface area contributed by atoms with E-state index in [-0.39, 0.29) is 5.70 Å². The van der Waals surface area contributed by atoms with Crippen molar-refractivity contribution in [3.8, 4) is 11.5 Å².